The van der Waals surface area contributed by atoms with E-state index in [9.17, 15) is 8.42 Å². The molecule has 2 aromatic heterocycles. The van der Waals surface area contributed by atoms with Crippen LogP contribution in [-0.2, 0) is 27.6 Å². The molecule has 0 bridgehead atoms. The van der Waals surface area contributed by atoms with Crippen molar-refractivity contribution >= 4 is 16.0 Å². The van der Waals surface area contributed by atoms with E-state index in [1.54, 1.807) is 19.3 Å². The standard InChI is InChI=1S/C21H32N6O3S/c1-3-16-14-17-6-7-19(25-31(28,29)4-2)20(27(17)24-16)15-30-18-8-12-26(13-9-18)21-22-10-5-11-23-21/h5,10-11,14,18-20,25H,3-4,6-9,12-13,15H2,1-2H3/t19-,20-/m0/s1. The number of aromatic nitrogens is 4. The van der Waals surface area contributed by atoms with Gasteiger partial charge in [-0.1, -0.05) is 6.92 Å². The molecule has 0 spiro atoms. The lowest BCUT2D eigenvalue weighted by molar-refractivity contribution is 0.00598. The SMILES string of the molecule is CCc1cc2n(n1)[C@@H](COC1CCN(c3ncccn3)CC1)[C@@H](NS(=O)(=O)CC)CC2. The van der Waals surface area contributed by atoms with E-state index >= 15 is 0 Å². The summed E-state index contributed by atoms with van der Waals surface area (Å²) in [6, 6.07) is 3.61. The minimum atomic E-state index is -3.30. The summed E-state index contributed by atoms with van der Waals surface area (Å²) in [7, 11) is -3.30. The highest BCUT2D eigenvalue weighted by atomic mass is 32.2. The van der Waals surface area contributed by atoms with E-state index in [0.29, 0.717) is 6.61 Å². The summed E-state index contributed by atoms with van der Waals surface area (Å²) in [5.74, 6) is 0.832. The Labute approximate surface area is 184 Å². The summed E-state index contributed by atoms with van der Waals surface area (Å²) in [6.45, 7) is 5.88. The van der Waals surface area contributed by atoms with Crippen molar-refractivity contribution in [2.75, 3.05) is 30.3 Å². The van der Waals surface area contributed by atoms with Crippen LogP contribution in [0.25, 0.3) is 0 Å². The second kappa shape index (κ2) is 9.62. The fourth-order valence-corrected chi connectivity index (χ4v) is 5.26. The van der Waals surface area contributed by atoms with Crippen molar-refractivity contribution in [2.45, 2.75) is 64.1 Å². The monoisotopic (exact) mass is 448 g/mol. The van der Waals surface area contributed by atoms with Crippen molar-refractivity contribution < 1.29 is 13.2 Å². The lowest BCUT2D eigenvalue weighted by Gasteiger charge is -2.36. The van der Waals surface area contributed by atoms with Crippen LogP contribution in [0.15, 0.2) is 24.5 Å². The predicted molar refractivity (Wildman–Crippen MR) is 119 cm³/mol. The van der Waals surface area contributed by atoms with Crippen LogP contribution in [0.4, 0.5) is 5.95 Å². The molecule has 0 amide bonds. The minimum Gasteiger partial charge on any atom is -0.376 e. The molecule has 2 aromatic rings. The highest BCUT2D eigenvalue weighted by Gasteiger charge is 2.34. The molecule has 0 aromatic carbocycles. The summed E-state index contributed by atoms with van der Waals surface area (Å²) in [4.78, 5) is 10.8. The number of piperidine rings is 1. The van der Waals surface area contributed by atoms with Gasteiger partial charge < -0.3 is 9.64 Å². The van der Waals surface area contributed by atoms with Crippen LogP contribution >= 0.6 is 0 Å². The van der Waals surface area contributed by atoms with Crippen LogP contribution in [0.1, 0.15) is 50.5 Å². The molecular weight excluding hydrogens is 416 g/mol. The molecule has 2 aliphatic rings. The van der Waals surface area contributed by atoms with Crippen LogP contribution in [0.5, 0.6) is 0 Å². The van der Waals surface area contributed by atoms with Gasteiger partial charge >= 0.3 is 0 Å². The van der Waals surface area contributed by atoms with E-state index in [4.69, 9.17) is 9.84 Å². The molecule has 1 N–H and O–H groups in total. The predicted octanol–water partition coefficient (Wildman–Crippen LogP) is 1.72. The van der Waals surface area contributed by atoms with Gasteiger partial charge in [0, 0.05) is 37.2 Å². The van der Waals surface area contributed by atoms with Gasteiger partial charge in [0.05, 0.1) is 30.2 Å². The van der Waals surface area contributed by atoms with Crippen LogP contribution in [0.2, 0.25) is 0 Å². The molecule has 4 rings (SSSR count). The van der Waals surface area contributed by atoms with Gasteiger partial charge in [0.2, 0.25) is 16.0 Å². The number of ether oxygens (including phenoxy) is 1. The Morgan fingerprint density at radius 2 is 1.90 bits per heavy atom. The molecule has 0 saturated carbocycles. The third kappa shape index (κ3) is 5.24. The van der Waals surface area contributed by atoms with Gasteiger partial charge in [-0.3, -0.25) is 4.68 Å². The Morgan fingerprint density at radius 1 is 1.16 bits per heavy atom. The van der Waals surface area contributed by atoms with E-state index in [0.717, 1.165) is 62.5 Å². The third-order valence-corrected chi connectivity index (χ3v) is 7.63. The number of hydrogen-bond acceptors (Lipinski definition) is 7. The molecule has 1 saturated heterocycles. The zero-order valence-electron chi connectivity index (χ0n) is 18.3. The molecular formula is C21H32N6O3S. The summed E-state index contributed by atoms with van der Waals surface area (Å²) < 4.78 is 35.7. The van der Waals surface area contributed by atoms with Crippen molar-refractivity contribution in [3.8, 4) is 0 Å². The van der Waals surface area contributed by atoms with Crippen molar-refractivity contribution in [3.63, 3.8) is 0 Å². The Hall–Kier alpha value is -2.04. The number of rotatable bonds is 8. The first-order chi connectivity index (χ1) is 15.0. The van der Waals surface area contributed by atoms with Gasteiger partial charge in [0.1, 0.15) is 0 Å². The van der Waals surface area contributed by atoms with Gasteiger partial charge in [0.15, 0.2) is 0 Å². The Morgan fingerprint density at radius 3 is 2.58 bits per heavy atom. The molecule has 4 heterocycles. The Bertz CT molecular complexity index is 957. The van der Waals surface area contributed by atoms with E-state index in [1.807, 2.05) is 10.7 Å². The van der Waals surface area contributed by atoms with Gasteiger partial charge in [-0.05, 0) is 51.2 Å². The highest BCUT2D eigenvalue weighted by molar-refractivity contribution is 7.89. The summed E-state index contributed by atoms with van der Waals surface area (Å²) in [6.07, 6.45) is 7.87. The molecule has 0 unspecified atom stereocenters. The second-order valence-electron chi connectivity index (χ2n) is 8.23. The molecule has 2 atom stereocenters. The largest absolute Gasteiger partial charge is 0.376 e. The first-order valence-corrected chi connectivity index (χ1v) is 12.8. The molecule has 0 aliphatic carbocycles. The lowest BCUT2D eigenvalue weighted by Crippen LogP contribution is -2.47. The van der Waals surface area contributed by atoms with Gasteiger partial charge in [-0.15, -0.1) is 0 Å². The lowest BCUT2D eigenvalue weighted by atomic mass is 9.98. The molecule has 0 radical (unpaired) electrons. The maximum Gasteiger partial charge on any atom is 0.225 e. The second-order valence-corrected chi connectivity index (χ2v) is 10.3. The average Bonchev–Trinajstić information content (AvgIpc) is 3.23. The quantitative estimate of drug-likeness (QED) is 0.656. The Kier molecular flexibility index (Phi) is 6.88. The van der Waals surface area contributed by atoms with E-state index in [2.05, 4.69) is 32.6 Å². The topological polar surface area (TPSA) is 102 Å². The molecule has 2 aliphatic heterocycles. The van der Waals surface area contributed by atoms with Crippen molar-refractivity contribution in [2.24, 2.45) is 0 Å². The zero-order chi connectivity index (χ0) is 21.8. The number of hydrogen-bond donors (Lipinski definition) is 1. The normalized spacial score (nSPS) is 22.5. The van der Waals surface area contributed by atoms with Crippen LogP contribution in [-0.4, -0.2) is 65.8 Å². The first-order valence-electron chi connectivity index (χ1n) is 11.2. The van der Waals surface area contributed by atoms with E-state index in [1.165, 1.54) is 0 Å². The van der Waals surface area contributed by atoms with Crippen molar-refractivity contribution in [1.82, 2.24) is 24.5 Å². The van der Waals surface area contributed by atoms with Crippen LogP contribution in [0.3, 0.4) is 0 Å². The third-order valence-electron chi connectivity index (χ3n) is 6.21. The van der Waals surface area contributed by atoms with Gasteiger partial charge in [0.25, 0.3) is 0 Å². The van der Waals surface area contributed by atoms with Crippen LogP contribution in [0, 0.1) is 0 Å². The number of aryl methyl sites for hydroxylation is 2. The number of fused-ring (bicyclic) bond motifs is 1. The number of nitrogens with one attached hydrogen (secondary N) is 1. The molecule has 1 fully saturated rings. The van der Waals surface area contributed by atoms with E-state index in [-0.39, 0.29) is 23.9 Å². The van der Waals surface area contributed by atoms with E-state index < -0.39 is 10.0 Å². The molecule has 170 valence electrons. The van der Waals surface area contributed by atoms with Gasteiger partial charge in [-0.2, -0.15) is 5.10 Å². The van der Waals surface area contributed by atoms with Crippen LogP contribution < -0.4 is 9.62 Å². The molecule has 10 heteroatoms. The minimum absolute atomic E-state index is 0.0727. The van der Waals surface area contributed by atoms with Gasteiger partial charge in [-0.25, -0.2) is 23.1 Å². The van der Waals surface area contributed by atoms with Crippen molar-refractivity contribution in [1.29, 1.82) is 0 Å². The zero-order valence-corrected chi connectivity index (χ0v) is 19.1. The summed E-state index contributed by atoms with van der Waals surface area (Å²) >= 11 is 0. The highest BCUT2D eigenvalue weighted by Crippen LogP contribution is 2.28. The first kappa shape index (κ1) is 22.2. The number of sulfonamides is 1. The summed E-state index contributed by atoms with van der Waals surface area (Å²) in [5, 5.41) is 4.75. The summed E-state index contributed by atoms with van der Waals surface area (Å²) in [5.41, 5.74) is 2.20. The maximum atomic E-state index is 12.3. The van der Waals surface area contributed by atoms with Crippen molar-refractivity contribution in [3.05, 3.63) is 35.9 Å². The average molecular weight is 449 g/mol. The fourth-order valence-electron chi connectivity index (χ4n) is 4.35. The molecule has 31 heavy (non-hydrogen) atoms. The Balaban J connectivity index is 1.41. The fraction of sp³-hybridized carbons (Fsp3) is 0.667. The molecule has 9 nitrogen and oxygen atoms in total. The number of nitrogens with zero attached hydrogens (tertiary/aromatic N) is 5. The number of anilines is 1. The maximum absolute atomic E-state index is 12.3. The smallest absolute Gasteiger partial charge is 0.225 e.